The number of nitriles is 1. The van der Waals surface area contributed by atoms with Crippen molar-refractivity contribution in [3.05, 3.63) is 101 Å². The number of carbonyl (C=O) groups is 1. The molecule has 1 heterocycles. The van der Waals surface area contributed by atoms with E-state index in [1.807, 2.05) is 48.5 Å². The van der Waals surface area contributed by atoms with Gasteiger partial charge in [-0.15, -0.1) is 0 Å². The number of hydrogen-bond donors (Lipinski definition) is 0. The molecule has 6 heteroatoms. The number of halogens is 1. The van der Waals surface area contributed by atoms with Gasteiger partial charge >= 0.3 is 5.97 Å². The molecular formula is C31H33FN2O3. The molecule has 0 N–H and O–H groups in total. The summed E-state index contributed by atoms with van der Waals surface area (Å²) in [7, 11) is 0. The molecule has 192 valence electrons. The fourth-order valence-corrected chi connectivity index (χ4v) is 5.21. The van der Waals surface area contributed by atoms with E-state index in [1.54, 1.807) is 13.0 Å². The van der Waals surface area contributed by atoms with Crippen LogP contribution in [0, 0.1) is 22.6 Å². The zero-order chi connectivity index (χ0) is 26.1. The van der Waals surface area contributed by atoms with Gasteiger partial charge in [-0.2, -0.15) is 5.26 Å². The molecule has 4 rings (SSSR count). The highest BCUT2D eigenvalue weighted by Gasteiger charge is 2.45. The topological polar surface area (TPSA) is 62.6 Å². The zero-order valence-corrected chi connectivity index (χ0v) is 21.2. The lowest BCUT2D eigenvalue weighted by molar-refractivity contribution is -0.147. The molecule has 0 radical (unpaired) electrons. The van der Waals surface area contributed by atoms with Gasteiger partial charge in [-0.25, -0.2) is 4.39 Å². The molecule has 1 saturated heterocycles. The molecule has 37 heavy (non-hydrogen) atoms. The molecule has 1 unspecified atom stereocenters. The molecule has 1 atom stereocenters. The molecule has 0 amide bonds. The van der Waals surface area contributed by atoms with Crippen LogP contribution in [0.5, 0.6) is 5.75 Å². The fourth-order valence-electron chi connectivity index (χ4n) is 5.21. The van der Waals surface area contributed by atoms with Crippen molar-refractivity contribution in [1.82, 2.24) is 4.90 Å². The van der Waals surface area contributed by atoms with Crippen molar-refractivity contribution in [2.75, 3.05) is 19.7 Å². The minimum atomic E-state index is -0.651. The number of likely N-dealkylation sites (tertiary alicyclic amines) is 1. The molecule has 5 nitrogen and oxygen atoms in total. The molecule has 1 fully saturated rings. The summed E-state index contributed by atoms with van der Waals surface area (Å²) in [6, 6.07) is 26.7. The van der Waals surface area contributed by atoms with E-state index in [-0.39, 0.29) is 25.6 Å². The Morgan fingerprint density at radius 3 is 2.30 bits per heavy atom. The summed E-state index contributed by atoms with van der Waals surface area (Å²) in [5.41, 5.74) is 2.14. The van der Waals surface area contributed by atoms with Gasteiger partial charge in [0, 0.05) is 23.6 Å². The van der Waals surface area contributed by atoms with Gasteiger partial charge < -0.3 is 9.47 Å². The maximum absolute atomic E-state index is 14.3. The number of esters is 1. The van der Waals surface area contributed by atoms with Gasteiger partial charge in [0.25, 0.3) is 0 Å². The number of benzene rings is 3. The lowest BCUT2D eigenvalue weighted by Gasteiger charge is -2.44. The third kappa shape index (κ3) is 6.75. The average Bonchev–Trinajstić information content (AvgIpc) is 2.91. The van der Waals surface area contributed by atoms with Gasteiger partial charge in [0.15, 0.2) is 0 Å². The Bertz CT molecular complexity index is 1200. The van der Waals surface area contributed by atoms with E-state index in [2.05, 4.69) is 23.1 Å². The van der Waals surface area contributed by atoms with Gasteiger partial charge in [-0.1, -0.05) is 66.7 Å². The lowest BCUT2D eigenvalue weighted by Crippen LogP contribution is -2.44. The van der Waals surface area contributed by atoms with E-state index in [0.717, 1.165) is 25.2 Å². The van der Waals surface area contributed by atoms with Gasteiger partial charge in [0.1, 0.15) is 18.2 Å². The number of ether oxygens (including phenoxy) is 2. The van der Waals surface area contributed by atoms with Crippen LogP contribution in [0.4, 0.5) is 4.39 Å². The van der Waals surface area contributed by atoms with Crippen LogP contribution in [0.15, 0.2) is 78.9 Å². The molecule has 1 aliphatic rings. The maximum atomic E-state index is 14.3. The van der Waals surface area contributed by atoms with E-state index in [1.165, 1.54) is 17.7 Å². The predicted molar refractivity (Wildman–Crippen MR) is 140 cm³/mol. The molecule has 0 spiro atoms. The highest BCUT2D eigenvalue weighted by Crippen LogP contribution is 2.49. The van der Waals surface area contributed by atoms with Crippen molar-refractivity contribution in [1.29, 1.82) is 5.26 Å². The quantitative estimate of drug-likeness (QED) is 0.308. The second-order valence-corrected chi connectivity index (χ2v) is 9.62. The van der Waals surface area contributed by atoms with Crippen LogP contribution in [-0.2, 0) is 22.7 Å². The van der Waals surface area contributed by atoms with Crippen molar-refractivity contribution in [3.63, 3.8) is 0 Å². The van der Waals surface area contributed by atoms with E-state index in [9.17, 15) is 14.4 Å². The van der Waals surface area contributed by atoms with E-state index < -0.39 is 17.2 Å². The number of rotatable bonds is 10. The van der Waals surface area contributed by atoms with Crippen LogP contribution in [0.2, 0.25) is 0 Å². The fraction of sp³-hybridized carbons (Fsp3) is 0.355. The van der Waals surface area contributed by atoms with Gasteiger partial charge in [0.2, 0.25) is 0 Å². The number of nitrogens with zero attached hydrogens (tertiary/aromatic N) is 2. The number of hydrogen-bond acceptors (Lipinski definition) is 5. The summed E-state index contributed by atoms with van der Waals surface area (Å²) in [6.07, 6.45) is 1.42. The first kappa shape index (κ1) is 26.4. The van der Waals surface area contributed by atoms with Crippen LogP contribution < -0.4 is 4.74 Å². The summed E-state index contributed by atoms with van der Waals surface area (Å²) in [5.74, 6) is -1.05. The van der Waals surface area contributed by atoms with Gasteiger partial charge in [0.05, 0.1) is 25.0 Å². The highest BCUT2D eigenvalue weighted by atomic mass is 19.1. The SMILES string of the molecule is CCOC(=O)CC1(C(C#N)c2ccc(F)cc2OCc2ccccc2)CCN(Cc2ccccc2)CC1. The second-order valence-electron chi connectivity index (χ2n) is 9.62. The summed E-state index contributed by atoms with van der Waals surface area (Å²) in [6.45, 7) is 4.63. The second kappa shape index (κ2) is 12.5. The molecule has 0 aliphatic carbocycles. The summed E-state index contributed by atoms with van der Waals surface area (Å²) < 4.78 is 25.7. The molecule has 0 bridgehead atoms. The molecule has 1 aliphatic heterocycles. The maximum Gasteiger partial charge on any atom is 0.306 e. The first-order valence-electron chi connectivity index (χ1n) is 12.8. The van der Waals surface area contributed by atoms with Crippen molar-refractivity contribution in [3.8, 4) is 11.8 Å². The van der Waals surface area contributed by atoms with Crippen LogP contribution in [0.3, 0.4) is 0 Å². The van der Waals surface area contributed by atoms with Crippen LogP contribution in [0.1, 0.15) is 48.8 Å². The Morgan fingerprint density at radius 1 is 1.03 bits per heavy atom. The van der Waals surface area contributed by atoms with Crippen LogP contribution in [0.25, 0.3) is 0 Å². The normalized spacial score (nSPS) is 15.9. The summed E-state index contributed by atoms with van der Waals surface area (Å²) >= 11 is 0. The van der Waals surface area contributed by atoms with Crippen molar-refractivity contribution >= 4 is 5.97 Å². The third-order valence-electron chi connectivity index (χ3n) is 7.17. The molecule has 0 saturated carbocycles. The Kier molecular flexibility index (Phi) is 8.92. The first-order chi connectivity index (χ1) is 18.0. The predicted octanol–water partition coefficient (Wildman–Crippen LogP) is 6.25. The smallest absolute Gasteiger partial charge is 0.306 e. The highest BCUT2D eigenvalue weighted by molar-refractivity contribution is 5.71. The Labute approximate surface area is 218 Å². The van der Waals surface area contributed by atoms with E-state index >= 15 is 0 Å². The van der Waals surface area contributed by atoms with Crippen molar-refractivity contribution < 1.29 is 18.7 Å². The standard InChI is InChI=1S/C31H33FN2O3/c1-2-36-30(35)20-31(15-17-34(18-16-31)22-24-9-5-3-6-10-24)28(21-33)27-14-13-26(32)19-29(27)37-23-25-11-7-4-8-12-25/h3-14,19,28H,2,15-18,20,22-23H2,1H3. The molecule has 3 aromatic carbocycles. The Balaban J connectivity index is 1.60. The average molecular weight is 501 g/mol. The van der Waals surface area contributed by atoms with Crippen LogP contribution in [-0.4, -0.2) is 30.6 Å². The van der Waals surface area contributed by atoms with E-state index in [4.69, 9.17) is 9.47 Å². The minimum Gasteiger partial charge on any atom is -0.488 e. The monoisotopic (exact) mass is 500 g/mol. The molecular weight excluding hydrogens is 467 g/mol. The largest absolute Gasteiger partial charge is 0.488 e. The van der Waals surface area contributed by atoms with Gasteiger partial charge in [-0.3, -0.25) is 9.69 Å². The van der Waals surface area contributed by atoms with Crippen LogP contribution >= 0.6 is 0 Å². The minimum absolute atomic E-state index is 0.133. The van der Waals surface area contributed by atoms with Crippen molar-refractivity contribution in [2.45, 2.75) is 45.3 Å². The number of piperidine rings is 1. The van der Waals surface area contributed by atoms with Gasteiger partial charge in [-0.05, 0) is 50.0 Å². The molecule has 3 aromatic rings. The van der Waals surface area contributed by atoms with E-state index in [0.29, 0.717) is 24.2 Å². The zero-order valence-electron chi connectivity index (χ0n) is 21.2. The number of carbonyl (C=O) groups excluding carboxylic acids is 1. The Hall–Kier alpha value is -3.69. The summed E-state index contributed by atoms with van der Waals surface area (Å²) in [4.78, 5) is 15.1. The summed E-state index contributed by atoms with van der Waals surface area (Å²) in [5, 5.41) is 10.5. The lowest BCUT2D eigenvalue weighted by atomic mass is 9.64. The first-order valence-corrected chi connectivity index (χ1v) is 12.8. The Morgan fingerprint density at radius 2 is 1.68 bits per heavy atom. The molecule has 0 aromatic heterocycles. The van der Waals surface area contributed by atoms with Crippen molar-refractivity contribution in [2.24, 2.45) is 5.41 Å². The third-order valence-corrected chi connectivity index (χ3v) is 7.17.